The highest BCUT2D eigenvalue weighted by molar-refractivity contribution is 7.81. The van der Waals surface area contributed by atoms with Crippen LogP contribution in [-0.4, -0.2) is 62.5 Å². The number of anilines is 2. The standard InChI is InChI=1S/C23H25F3N6O3S/c1-30(17-8-10-32(11-9-17)36(2)34)19-5-3-4-18(24)20(19)31(14-33)13-16-7-6-15(12-27-16)22-28-29-23(35-22)21(25)26/h3-7,12,14,17,21H,8-11,13H2,1-2H3. The highest BCUT2D eigenvalue weighted by Gasteiger charge is 2.27. The van der Waals surface area contributed by atoms with Crippen molar-refractivity contribution >= 4 is 28.8 Å². The van der Waals surface area contributed by atoms with Crippen molar-refractivity contribution in [2.75, 3.05) is 36.2 Å². The summed E-state index contributed by atoms with van der Waals surface area (Å²) >= 11 is 0. The smallest absolute Gasteiger partial charge is 0.314 e. The first-order chi connectivity index (χ1) is 17.3. The molecule has 0 radical (unpaired) electrons. The van der Waals surface area contributed by atoms with Gasteiger partial charge < -0.3 is 14.2 Å². The second-order valence-corrected chi connectivity index (χ2v) is 9.68. The topological polar surface area (TPSA) is 95.7 Å². The van der Waals surface area contributed by atoms with E-state index < -0.39 is 29.1 Å². The molecule has 4 rings (SSSR count). The molecule has 0 N–H and O–H groups in total. The molecule has 1 atom stereocenters. The molecule has 9 nitrogen and oxygen atoms in total. The first-order valence-corrected chi connectivity index (χ1v) is 12.7. The molecule has 36 heavy (non-hydrogen) atoms. The van der Waals surface area contributed by atoms with E-state index in [0.717, 1.165) is 12.8 Å². The van der Waals surface area contributed by atoms with Gasteiger partial charge >= 0.3 is 6.43 Å². The number of piperidine rings is 1. The van der Waals surface area contributed by atoms with E-state index in [0.29, 0.717) is 36.4 Å². The Kier molecular flexibility index (Phi) is 7.99. The lowest BCUT2D eigenvalue weighted by atomic mass is 10.0. The number of alkyl halides is 2. The second-order valence-electron chi connectivity index (χ2n) is 8.32. The van der Waals surface area contributed by atoms with Crippen LogP contribution in [0.1, 0.15) is 30.9 Å². The Hall–Kier alpha value is -3.32. The van der Waals surface area contributed by atoms with Crippen molar-refractivity contribution in [2.45, 2.75) is 31.9 Å². The van der Waals surface area contributed by atoms with E-state index in [-0.39, 0.29) is 24.2 Å². The molecule has 0 aliphatic carbocycles. The Balaban J connectivity index is 1.53. The number of benzene rings is 1. The van der Waals surface area contributed by atoms with Crippen molar-refractivity contribution < 1.29 is 26.6 Å². The van der Waals surface area contributed by atoms with E-state index in [1.165, 1.54) is 17.2 Å². The number of nitrogens with zero attached hydrogens (tertiary/aromatic N) is 6. The fourth-order valence-corrected chi connectivity index (χ4v) is 4.91. The average Bonchev–Trinajstić information content (AvgIpc) is 3.38. The van der Waals surface area contributed by atoms with Crippen LogP contribution in [0.15, 0.2) is 40.9 Å². The monoisotopic (exact) mass is 522 g/mol. The number of carbonyl (C=O) groups excluding carboxylic acids is 1. The van der Waals surface area contributed by atoms with Crippen molar-refractivity contribution in [3.8, 4) is 11.5 Å². The molecule has 1 aliphatic heterocycles. The van der Waals surface area contributed by atoms with Crippen molar-refractivity contribution in [2.24, 2.45) is 0 Å². The summed E-state index contributed by atoms with van der Waals surface area (Å²) in [6, 6.07) is 7.85. The minimum Gasteiger partial charge on any atom is -0.415 e. The van der Waals surface area contributed by atoms with E-state index >= 15 is 4.39 Å². The van der Waals surface area contributed by atoms with E-state index in [2.05, 4.69) is 15.2 Å². The van der Waals surface area contributed by atoms with Crippen LogP contribution in [0, 0.1) is 5.82 Å². The van der Waals surface area contributed by atoms with Gasteiger partial charge in [-0.1, -0.05) is 6.07 Å². The molecule has 1 aliphatic rings. The third-order valence-electron chi connectivity index (χ3n) is 6.13. The molecule has 0 saturated carbocycles. The van der Waals surface area contributed by atoms with E-state index in [9.17, 15) is 17.8 Å². The largest absolute Gasteiger partial charge is 0.415 e. The van der Waals surface area contributed by atoms with Crippen LogP contribution in [0.4, 0.5) is 24.5 Å². The summed E-state index contributed by atoms with van der Waals surface area (Å²) in [5.41, 5.74) is 1.46. The zero-order valence-electron chi connectivity index (χ0n) is 19.7. The summed E-state index contributed by atoms with van der Waals surface area (Å²) in [4.78, 5) is 19.5. The number of pyridine rings is 1. The van der Waals surface area contributed by atoms with Crippen LogP contribution in [0.5, 0.6) is 0 Å². The number of hydrogen-bond donors (Lipinski definition) is 0. The van der Waals surface area contributed by atoms with Crippen molar-refractivity contribution in [3.05, 3.63) is 53.9 Å². The van der Waals surface area contributed by atoms with Crippen LogP contribution in [0.25, 0.3) is 11.5 Å². The Morgan fingerprint density at radius 2 is 1.97 bits per heavy atom. The van der Waals surface area contributed by atoms with Crippen LogP contribution < -0.4 is 9.80 Å². The highest BCUT2D eigenvalue weighted by Crippen LogP contribution is 2.35. The zero-order chi connectivity index (χ0) is 25.8. The number of halogens is 3. The minimum absolute atomic E-state index is 0.0229. The van der Waals surface area contributed by atoms with Gasteiger partial charge in [0.15, 0.2) is 0 Å². The van der Waals surface area contributed by atoms with Crippen molar-refractivity contribution in [1.82, 2.24) is 19.5 Å². The maximum atomic E-state index is 15.1. The lowest BCUT2D eigenvalue weighted by Gasteiger charge is -2.38. The van der Waals surface area contributed by atoms with Gasteiger partial charge in [-0.05, 0) is 37.1 Å². The Bertz CT molecular complexity index is 1220. The van der Waals surface area contributed by atoms with Crippen LogP contribution >= 0.6 is 0 Å². The molecule has 0 spiro atoms. The van der Waals surface area contributed by atoms with E-state index in [1.54, 1.807) is 30.5 Å². The molecule has 192 valence electrons. The summed E-state index contributed by atoms with van der Waals surface area (Å²) in [6.45, 7) is 1.30. The maximum Gasteiger partial charge on any atom is 0.314 e. The van der Waals surface area contributed by atoms with Gasteiger partial charge in [-0.2, -0.15) is 8.78 Å². The Labute approximate surface area is 208 Å². The molecule has 0 bridgehead atoms. The van der Waals surface area contributed by atoms with E-state index in [1.807, 2.05) is 16.3 Å². The summed E-state index contributed by atoms with van der Waals surface area (Å²) in [5.74, 6) is -1.45. The Morgan fingerprint density at radius 3 is 2.56 bits per heavy atom. The predicted molar refractivity (Wildman–Crippen MR) is 128 cm³/mol. The third kappa shape index (κ3) is 5.57. The van der Waals surface area contributed by atoms with Gasteiger partial charge in [0.1, 0.15) is 11.5 Å². The molecule has 2 aromatic heterocycles. The fourth-order valence-electron chi connectivity index (χ4n) is 4.18. The van der Waals surface area contributed by atoms with Gasteiger partial charge in [0.2, 0.25) is 12.3 Å². The lowest BCUT2D eigenvalue weighted by molar-refractivity contribution is -0.107. The Morgan fingerprint density at radius 1 is 1.22 bits per heavy atom. The quantitative estimate of drug-likeness (QED) is 0.397. The van der Waals surface area contributed by atoms with Crippen LogP contribution in [0.3, 0.4) is 0 Å². The first kappa shape index (κ1) is 25.8. The fraction of sp³-hybridized carbons (Fsp3) is 0.391. The van der Waals surface area contributed by atoms with Crippen molar-refractivity contribution in [1.29, 1.82) is 0 Å². The van der Waals surface area contributed by atoms with Crippen LogP contribution in [0.2, 0.25) is 0 Å². The van der Waals surface area contributed by atoms with Crippen molar-refractivity contribution in [3.63, 3.8) is 0 Å². The van der Waals surface area contributed by atoms with Gasteiger partial charge in [-0.15, -0.1) is 10.2 Å². The zero-order valence-corrected chi connectivity index (χ0v) is 20.5. The third-order valence-corrected chi connectivity index (χ3v) is 7.22. The number of rotatable bonds is 9. The summed E-state index contributed by atoms with van der Waals surface area (Å²) in [5, 5.41) is 6.87. The molecule has 1 fully saturated rings. The number of carbonyl (C=O) groups is 1. The number of amides is 1. The minimum atomic E-state index is -2.88. The number of para-hydroxylation sites is 1. The molecule has 3 aromatic rings. The molecule has 1 amide bonds. The molecule has 1 saturated heterocycles. The van der Waals surface area contributed by atoms with Gasteiger partial charge in [0.05, 0.1) is 34.5 Å². The predicted octanol–water partition coefficient (Wildman–Crippen LogP) is 3.57. The van der Waals surface area contributed by atoms with E-state index in [4.69, 9.17) is 4.42 Å². The molecule has 1 unspecified atom stereocenters. The molecular formula is C23H25F3N6O3S. The summed E-state index contributed by atoms with van der Waals surface area (Å²) < 4.78 is 59.0. The molecule has 1 aromatic carbocycles. The van der Waals surface area contributed by atoms with Crippen LogP contribution in [-0.2, 0) is 22.3 Å². The first-order valence-electron chi connectivity index (χ1n) is 11.2. The highest BCUT2D eigenvalue weighted by atomic mass is 32.2. The van der Waals surface area contributed by atoms with Gasteiger partial charge in [0, 0.05) is 38.6 Å². The maximum absolute atomic E-state index is 15.1. The summed E-state index contributed by atoms with van der Waals surface area (Å²) in [7, 11) is 0.824. The SMILES string of the molecule is CN(c1cccc(F)c1N(C=O)Cc1ccc(-c2nnc(C(F)F)o2)cn1)C1CCN(S(C)=O)CC1. The number of aromatic nitrogens is 3. The molecule has 3 heterocycles. The molecular weight excluding hydrogens is 497 g/mol. The average molecular weight is 523 g/mol. The summed E-state index contributed by atoms with van der Waals surface area (Å²) in [6.07, 6.45) is 2.18. The van der Waals surface area contributed by atoms with Gasteiger partial charge in [-0.25, -0.2) is 12.9 Å². The lowest BCUT2D eigenvalue weighted by Crippen LogP contribution is -2.44. The second kappa shape index (κ2) is 11.2. The van der Waals surface area contributed by atoms with Gasteiger partial charge in [-0.3, -0.25) is 9.78 Å². The normalized spacial score (nSPS) is 15.7. The van der Waals surface area contributed by atoms with Gasteiger partial charge in [0.25, 0.3) is 5.89 Å². The molecule has 13 heteroatoms. The number of hydrogen-bond acceptors (Lipinski definition) is 7.